The summed E-state index contributed by atoms with van der Waals surface area (Å²) in [5.41, 5.74) is 1.11. The molecule has 0 saturated heterocycles. The normalized spacial score (nSPS) is 11.5. The molecule has 2 rings (SSSR count). The van der Waals surface area contributed by atoms with Gasteiger partial charge in [-0.15, -0.1) is 0 Å². The highest BCUT2D eigenvalue weighted by molar-refractivity contribution is 9.11. The van der Waals surface area contributed by atoms with Gasteiger partial charge in [-0.3, -0.25) is 4.48 Å². The molecule has 2 nitrogen and oxygen atoms in total. The minimum absolute atomic E-state index is 0.683. The summed E-state index contributed by atoms with van der Waals surface area (Å²) in [4.78, 5) is 0. The molecule has 0 fully saturated rings. The Morgan fingerprint density at radius 2 is 1.35 bits per heavy atom. The van der Waals surface area contributed by atoms with Crippen LogP contribution in [0, 0.1) is 0 Å². The summed E-state index contributed by atoms with van der Waals surface area (Å²) in [6.07, 6.45) is 0. The van der Waals surface area contributed by atoms with Crippen molar-refractivity contribution >= 4 is 53.5 Å². The molecule has 20 heavy (non-hydrogen) atoms. The van der Waals surface area contributed by atoms with Crippen molar-refractivity contribution in [1.29, 1.82) is 0 Å². The van der Waals surface area contributed by atoms with Crippen molar-refractivity contribution in [3.05, 3.63) is 49.8 Å². The summed E-state index contributed by atoms with van der Waals surface area (Å²) in [6.45, 7) is 0. The van der Waals surface area contributed by atoms with Gasteiger partial charge in [0.25, 0.3) is 0 Å². The molecule has 0 N–H and O–H groups in total. The molecule has 0 aliphatic heterocycles. The van der Waals surface area contributed by atoms with Gasteiger partial charge in [-0.25, -0.2) is 0 Å². The van der Waals surface area contributed by atoms with Gasteiger partial charge in [0.05, 0.1) is 25.6 Å². The molecule has 0 unspecified atom stereocenters. The maximum atomic E-state index is 6.07. The predicted octanol–water partition coefficient (Wildman–Crippen LogP) is 5.96. The van der Waals surface area contributed by atoms with E-state index in [9.17, 15) is 0 Å². The van der Waals surface area contributed by atoms with E-state index in [0.717, 1.165) is 30.6 Å². The van der Waals surface area contributed by atoms with Crippen molar-refractivity contribution in [3.63, 3.8) is 0 Å². The van der Waals surface area contributed by atoms with Crippen LogP contribution in [0.25, 0.3) is 0 Å². The smallest absolute Gasteiger partial charge is 0.188 e. The third-order valence-corrected chi connectivity index (χ3v) is 4.36. The Morgan fingerprint density at radius 1 is 0.800 bits per heavy atom. The lowest BCUT2D eigenvalue weighted by Gasteiger charge is -2.26. The fraction of sp³-hybridized carbons (Fsp3) is 0.200. The van der Waals surface area contributed by atoms with Crippen LogP contribution in [0.15, 0.2) is 49.8 Å². The van der Waals surface area contributed by atoms with Crippen molar-refractivity contribution in [2.45, 2.75) is 0 Å². The number of halogens is 3. The van der Waals surface area contributed by atoms with E-state index in [-0.39, 0.29) is 0 Å². The number of rotatable bonds is 3. The molecular weight excluding hydrogens is 450 g/mol. The molecule has 0 amide bonds. The zero-order valence-electron chi connectivity index (χ0n) is 11.5. The molecule has 0 bridgehead atoms. The molecule has 2 aromatic carbocycles. The van der Waals surface area contributed by atoms with Gasteiger partial charge in [0.15, 0.2) is 11.4 Å². The Balaban J connectivity index is 2.43. The largest absolute Gasteiger partial charge is 0.450 e. The van der Waals surface area contributed by atoms with Crippen LogP contribution in [0.1, 0.15) is 0 Å². The predicted molar refractivity (Wildman–Crippen MR) is 95.6 cm³/mol. The van der Waals surface area contributed by atoms with Gasteiger partial charge in [0, 0.05) is 15.0 Å². The number of hydrogen-bond acceptors (Lipinski definition) is 1. The number of hydrogen-bond donors (Lipinski definition) is 0. The topological polar surface area (TPSA) is 9.23 Å². The Hall–Kier alpha value is -0.360. The second kappa shape index (κ2) is 6.18. The fourth-order valence-corrected chi connectivity index (χ4v) is 3.25. The first kappa shape index (κ1) is 16.0. The Bertz CT molecular complexity index is 636. The van der Waals surface area contributed by atoms with E-state index in [4.69, 9.17) is 4.74 Å². The summed E-state index contributed by atoms with van der Waals surface area (Å²) in [5, 5.41) is 0. The number of benzene rings is 2. The van der Waals surface area contributed by atoms with Crippen LogP contribution >= 0.6 is 47.8 Å². The van der Waals surface area contributed by atoms with Gasteiger partial charge in [-0.05, 0) is 46.3 Å². The van der Waals surface area contributed by atoms with Gasteiger partial charge in [-0.2, -0.15) is 0 Å². The van der Waals surface area contributed by atoms with E-state index in [2.05, 4.69) is 75.0 Å². The highest BCUT2D eigenvalue weighted by atomic mass is 79.9. The third kappa shape index (κ3) is 3.85. The summed E-state index contributed by atoms with van der Waals surface area (Å²) in [5.74, 6) is 1.65. The van der Waals surface area contributed by atoms with E-state index >= 15 is 0 Å². The minimum atomic E-state index is 0.683. The first-order chi connectivity index (χ1) is 9.27. The zero-order valence-corrected chi connectivity index (χ0v) is 16.2. The van der Waals surface area contributed by atoms with E-state index in [1.165, 1.54) is 0 Å². The van der Waals surface area contributed by atoms with E-state index in [0.29, 0.717) is 4.48 Å². The first-order valence-corrected chi connectivity index (χ1v) is 8.40. The van der Waals surface area contributed by atoms with Gasteiger partial charge >= 0.3 is 0 Å². The molecule has 0 radical (unpaired) electrons. The van der Waals surface area contributed by atoms with Crippen LogP contribution in [-0.2, 0) is 0 Å². The summed E-state index contributed by atoms with van der Waals surface area (Å²) in [6, 6.07) is 11.9. The van der Waals surface area contributed by atoms with Gasteiger partial charge in [-0.1, -0.05) is 31.9 Å². The second-order valence-corrected chi connectivity index (χ2v) is 7.99. The van der Waals surface area contributed by atoms with Crippen LogP contribution < -0.4 is 9.22 Å². The molecule has 0 saturated carbocycles. The minimum Gasteiger partial charge on any atom is -0.450 e. The number of nitrogens with zero attached hydrogens (tertiary/aromatic N) is 1. The standard InChI is InChI=1S/C15H15Br3NO/c1-19(2,3)13-9-11(17)5-7-15(13)20-14-6-4-10(16)8-12(14)18/h4-9H,1-3H3/q+1. The van der Waals surface area contributed by atoms with Crippen LogP contribution in [0.2, 0.25) is 0 Å². The van der Waals surface area contributed by atoms with Crippen LogP contribution in [0.4, 0.5) is 5.69 Å². The van der Waals surface area contributed by atoms with Crippen molar-refractivity contribution in [3.8, 4) is 11.5 Å². The number of quaternary nitrogens is 1. The average molecular weight is 465 g/mol. The molecule has 0 aromatic heterocycles. The molecule has 0 atom stereocenters. The molecule has 5 heteroatoms. The Labute approximate surface area is 144 Å². The van der Waals surface area contributed by atoms with Crippen LogP contribution in [0.3, 0.4) is 0 Å². The average Bonchev–Trinajstić information content (AvgIpc) is 2.33. The summed E-state index contributed by atoms with van der Waals surface area (Å²) >= 11 is 10.5. The Kier molecular flexibility index (Phi) is 4.95. The molecule has 0 heterocycles. The van der Waals surface area contributed by atoms with Gasteiger partial charge in [0.1, 0.15) is 5.75 Å². The van der Waals surface area contributed by atoms with E-state index in [1.54, 1.807) is 0 Å². The lowest BCUT2D eigenvalue weighted by atomic mass is 10.2. The van der Waals surface area contributed by atoms with Crippen LogP contribution in [-0.4, -0.2) is 21.1 Å². The SMILES string of the molecule is C[N+](C)(C)c1cc(Br)ccc1Oc1ccc(Br)cc1Br. The summed E-state index contributed by atoms with van der Waals surface area (Å²) < 4.78 is 9.73. The lowest BCUT2D eigenvalue weighted by Crippen LogP contribution is -2.35. The van der Waals surface area contributed by atoms with Crippen molar-refractivity contribution in [2.75, 3.05) is 21.1 Å². The molecule has 0 aliphatic rings. The molecule has 0 aliphatic carbocycles. The monoisotopic (exact) mass is 462 g/mol. The van der Waals surface area contributed by atoms with E-state index < -0.39 is 0 Å². The van der Waals surface area contributed by atoms with Crippen molar-refractivity contribution in [2.24, 2.45) is 0 Å². The second-order valence-electron chi connectivity index (χ2n) is 5.30. The van der Waals surface area contributed by atoms with Crippen molar-refractivity contribution < 1.29 is 4.74 Å². The summed E-state index contributed by atoms with van der Waals surface area (Å²) in [7, 11) is 6.35. The maximum Gasteiger partial charge on any atom is 0.188 e. The quantitative estimate of drug-likeness (QED) is 0.509. The molecule has 0 spiro atoms. The van der Waals surface area contributed by atoms with Crippen LogP contribution in [0.5, 0.6) is 11.5 Å². The lowest BCUT2D eigenvalue weighted by molar-refractivity contribution is 0.431. The third-order valence-electron chi connectivity index (χ3n) is 2.76. The molecule has 106 valence electrons. The van der Waals surface area contributed by atoms with Gasteiger partial charge < -0.3 is 4.74 Å². The highest BCUT2D eigenvalue weighted by Crippen LogP contribution is 2.39. The van der Waals surface area contributed by atoms with Gasteiger partial charge in [0.2, 0.25) is 0 Å². The van der Waals surface area contributed by atoms with E-state index in [1.807, 2.05) is 30.3 Å². The van der Waals surface area contributed by atoms with Crippen molar-refractivity contribution in [1.82, 2.24) is 4.48 Å². The Morgan fingerprint density at radius 3 is 1.90 bits per heavy atom. The fourth-order valence-electron chi connectivity index (χ4n) is 1.78. The number of ether oxygens (including phenoxy) is 1. The maximum absolute atomic E-state index is 6.07. The highest BCUT2D eigenvalue weighted by Gasteiger charge is 2.20. The first-order valence-electron chi connectivity index (χ1n) is 6.02. The zero-order chi connectivity index (χ0) is 14.9. The molecule has 2 aromatic rings. The molecular formula is C15H15Br3NO+.